The fourth-order valence-electron chi connectivity index (χ4n) is 9.64. The molecule has 4 aliphatic heterocycles. The molecule has 4 heterocycles. The van der Waals surface area contributed by atoms with E-state index in [4.69, 9.17) is 33.2 Å². The summed E-state index contributed by atoms with van der Waals surface area (Å²) in [5.41, 5.74) is -0.0777. The summed E-state index contributed by atoms with van der Waals surface area (Å²) in [7, 11) is 0. The van der Waals surface area contributed by atoms with Gasteiger partial charge in [0.05, 0.1) is 19.1 Å². The number of benzene rings is 5. The fourth-order valence-corrected chi connectivity index (χ4v) is 9.64. The first-order valence-corrected chi connectivity index (χ1v) is 23.1. The Bertz CT molecular complexity index is 2880. The van der Waals surface area contributed by atoms with Crippen molar-refractivity contribution in [2.45, 2.75) is 98.2 Å². The van der Waals surface area contributed by atoms with Crippen molar-refractivity contribution in [3.8, 4) is 57.5 Å². The molecule has 0 spiro atoms. The van der Waals surface area contributed by atoms with Crippen LogP contribution in [0.1, 0.15) is 51.5 Å². The lowest BCUT2D eigenvalue weighted by Crippen LogP contribution is -2.61. The van der Waals surface area contributed by atoms with Crippen LogP contribution in [0.5, 0.6) is 57.5 Å². The highest BCUT2D eigenvalue weighted by atomic mass is 16.7. The molecule has 15 atom stereocenters. The molecule has 23 heteroatoms. The van der Waals surface area contributed by atoms with Gasteiger partial charge in [0.2, 0.25) is 0 Å². The van der Waals surface area contributed by atoms with E-state index in [1.54, 1.807) is 30.3 Å². The Balaban J connectivity index is 1.19. The van der Waals surface area contributed by atoms with Crippen LogP contribution in [0.2, 0.25) is 0 Å². The van der Waals surface area contributed by atoms with Gasteiger partial charge in [-0.15, -0.1) is 0 Å². The lowest BCUT2D eigenvalue weighted by molar-refractivity contribution is -0.319. The van der Waals surface area contributed by atoms with Gasteiger partial charge in [0, 0.05) is 47.4 Å². The smallest absolute Gasteiger partial charge is 0.331 e. The van der Waals surface area contributed by atoms with Gasteiger partial charge in [-0.05, 0) is 47.0 Å². The van der Waals surface area contributed by atoms with Crippen molar-refractivity contribution in [3.63, 3.8) is 0 Å². The van der Waals surface area contributed by atoms with Gasteiger partial charge in [0.15, 0.2) is 53.9 Å². The van der Waals surface area contributed by atoms with E-state index in [1.165, 1.54) is 18.2 Å². The van der Waals surface area contributed by atoms with Crippen LogP contribution in [-0.2, 0) is 34.9 Å². The van der Waals surface area contributed by atoms with E-state index < -0.39 is 163 Å². The molecule has 0 aliphatic carbocycles. The van der Waals surface area contributed by atoms with Gasteiger partial charge >= 0.3 is 5.97 Å². The molecule has 0 bridgehead atoms. The maximum absolute atomic E-state index is 13.3. The summed E-state index contributed by atoms with van der Waals surface area (Å²) >= 11 is 0. The number of hydrogen-bond acceptors (Lipinski definition) is 23. The van der Waals surface area contributed by atoms with Crippen molar-refractivity contribution in [1.82, 2.24) is 0 Å². The molecular formula is C51H52O23. The van der Waals surface area contributed by atoms with Crippen molar-refractivity contribution < 1.29 is 115 Å². The highest BCUT2D eigenvalue weighted by molar-refractivity contribution is 5.87. The number of carbonyl (C=O) groups excluding carboxylic acids is 1. The third kappa shape index (κ3) is 9.85. The number of ether oxygens (including phenoxy) is 7. The molecule has 0 radical (unpaired) electrons. The molecule has 394 valence electrons. The zero-order chi connectivity index (χ0) is 52.9. The largest absolute Gasteiger partial charge is 0.508 e. The van der Waals surface area contributed by atoms with E-state index in [2.05, 4.69) is 0 Å². The van der Waals surface area contributed by atoms with Crippen LogP contribution in [0.25, 0.3) is 6.08 Å². The van der Waals surface area contributed by atoms with Crippen molar-refractivity contribution in [2.24, 2.45) is 0 Å². The van der Waals surface area contributed by atoms with Crippen molar-refractivity contribution in [1.29, 1.82) is 0 Å². The van der Waals surface area contributed by atoms with E-state index in [1.807, 2.05) is 0 Å². The second-order valence-electron chi connectivity index (χ2n) is 18.1. The SMILES string of the molecule is O=C(C=Cc1ccccc1)O[C@@H]1[C@H](O[C@@H]2Cc3c(O)cc(O)c([C@@H]4c5c(O)cc(O)cc5O[C@@H](c5ccc(O)c(O)c5)[C@H]4O[C@H]4O[C@@H](CO)[C@H](O)[C@@H](O)[C@@H]4O)c3O[C@@H]2c2ccc(O)c(O)c2)O[C@@H](CO)[C@H](O)[C@@H]1O. The Hall–Kier alpha value is -7.13. The maximum Gasteiger partial charge on any atom is 0.331 e. The monoisotopic (exact) mass is 1030 g/mol. The summed E-state index contributed by atoms with van der Waals surface area (Å²) in [5.74, 6) is -8.40. The molecule has 0 saturated carbocycles. The quantitative estimate of drug-likeness (QED) is 0.0469. The minimum absolute atomic E-state index is 0.0131. The predicted molar refractivity (Wildman–Crippen MR) is 248 cm³/mol. The molecule has 0 aromatic heterocycles. The number of fused-ring (bicyclic) bond motifs is 2. The summed E-state index contributed by atoms with van der Waals surface area (Å²) in [6.07, 6.45) is -22.6. The molecule has 4 aliphatic rings. The zero-order valence-corrected chi connectivity index (χ0v) is 38.5. The second-order valence-corrected chi connectivity index (χ2v) is 18.1. The first kappa shape index (κ1) is 51.8. The van der Waals surface area contributed by atoms with Crippen LogP contribution in [0, 0.1) is 0 Å². The van der Waals surface area contributed by atoms with E-state index in [0.717, 1.165) is 48.5 Å². The van der Waals surface area contributed by atoms with Crippen LogP contribution < -0.4 is 9.47 Å². The second kappa shape index (κ2) is 21.0. The first-order chi connectivity index (χ1) is 35.4. The van der Waals surface area contributed by atoms with Crippen LogP contribution in [0.4, 0.5) is 0 Å². The van der Waals surface area contributed by atoms with E-state index in [0.29, 0.717) is 5.56 Å². The van der Waals surface area contributed by atoms with E-state index in [-0.39, 0.29) is 39.3 Å². The lowest BCUT2D eigenvalue weighted by Gasteiger charge is -2.46. The first-order valence-electron chi connectivity index (χ1n) is 23.1. The zero-order valence-electron chi connectivity index (χ0n) is 38.5. The number of aromatic hydroxyl groups is 8. The summed E-state index contributed by atoms with van der Waals surface area (Å²) < 4.78 is 43.3. The molecule has 2 saturated heterocycles. The molecule has 23 nitrogen and oxygen atoms in total. The number of hydrogen-bond donors (Lipinski definition) is 15. The molecule has 5 aromatic carbocycles. The van der Waals surface area contributed by atoms with Crippen LogP contribution in [-0.4, -0.2) is 169 Å². The molecule has 0 unspecified atom stereocenters. The summed E-state index contributed by atoms with van der Waals surface area (Å²) in [6, 6.07) is 18.5. The number of esters is 1. The Kier molecular flexibility index (Phi) is 14.7. The van der Waals surface area contributed by atoms with Crippen LogP contribution >= 0.6 is 0 Å². The fraction of sp³-hybridized carbons (Fsp3) is 0.353. The summed E-state index contributed by atoms with van der Waals surface area (Å²) in [5, 5.41) is 164. The number of rotatable bonds is 12. The Morgan fingerprint density at radius 2 is 1.18 bits per heavy atom. The van der Waals surface area contributed by atoms with Gasteiger partial charge in [-0.1, -0.05) is 42.5 Å². The highest BCUT2D eigenvalue weighted by Gasteiger charge is 2.53. The average molecular weight is 1030 g/mol. The van der Waals surface area contributed by atoms with Crippen molar-refractivity contribution in [3.05, 3.63) is 124 Å². The third-order valence-corrected chi connectivity index (χ3v) is 13.4. The Labute approximate surface area is 418 Å². The topological polar surface area (TPSA) is 385 Å². The summed E-state index contributed by atoms with van der Waals surface area (Å²) in [4.78, 5) is 13.3. The van der Waals surface area contributed by atoms with Crippen molar-refractivity contribution in [2.75, 3.05) is 13.2 Å². The van der Waals surface area contributed by atoms with Crippen LogP contribution in [0.15, 0.2) is 91.0 Å². The Morgan fingerprint density at radius 3 is 1.81 bits per heavy atom. The van der Waals surface area contributed by atoms with Gasteiger partial charge in [0.1, 0.15) is 89.4 Å². The molecule has 15 N–H and O–H groups in total. The van der Waals surface area contributed by atoms with E-state index >= 15 is 0 Å². The number of carbonyl (C=O) groups is 1. The van der Waals surface area contributed by atoms with E-state index in [9.17, 15) is 81.4 Å². The lowest BCUT2D eigenvalue weighted by atomic mass is 9.77. The number of aliphatic hydroxyl groups is 7. The van der Waals surface area contributed by atoms with Crippen molar-refractivity contribution >= 4 is 12.0 Å². The van der Waals surface area contributed by atoms with Gasteiger partial charge in [-0.25, -0.2) is 4.79 Å². The standard InChI is InChI=1S/C51H52O23/c52-18-34-40(63)42(65)44(67)50(70-34)74-48-39(37-30(60)14-23(54)15-32(37)68-46(48)22-8-10-26(56)29(59)13-22)38-31(61)17-27(57)24-16-33(45(73-47(24)38)21-7-9-25(55)28(58)12-21)69-51-49(43(66)41(64)35(19-53)71-51)72-36(62)11-6-20-4-2-1-3-5-20/h1-15,17,33-35,39-46,48-61,63-67H,16,18-19H2/t33-,34+,35+,39+,40+,41+,42-,43+,44+,45-,46+,48+,49+,50-,51-/m1/s1. The van der Waals surface area contributed by atoms with Gasteiger partial charge in [0.25, 0.3) is 0 Å². The number of phenolic OH excluding ortho intramolecular Hbond substituents is 8. The molecule has 0 amide bonds. The highest BCUT2D eigenvalue weighted by Crippen LogP contribution is 2.59. The minimum Gasteiger partial charge on any atom is -0.508 e. The molecule has 9 rings (SSSR count). The van der Waals surface area contributed by atoms with Gasteiger partial charge in [-0.3, -0.25) is 0 Å². The molecule has 5 aromatic rings. The van der Waals surface area contributed by atoms with Crippen LogP contribution in [0.3, 0.4) is 0 Å². The molecule has 74 heavy (non-hydrogen) atoms. The minimum atomic E-state index is -2.06. The third-order valence-electron chi connectivity index (χ3n) is 13.4. The maximum atomic E-state index is 13.3. The summed E-state index contributed by atoms with van der Waals surface area (Å²) in [6.45, 7) is -1.74. The molecular weight excluding hydrogens is 981 g/mol. The predicted octanol–water partition coefficient (Wildman–Crippen LogP) is 0.908. The molecule has 2 fully saturated rings. The number of phenols is 8. The normalized spacial score (nSPS) is 30.7. The Morgan fingerprint density at radius 1 is 0.568 bits per heavy atom. The number of aliphatic hydroxyl groups excluding tert-OH is 7. The van der Waals surface area contributed by atoms with Gasteiger partial charge < -0.3 is 110 Å². The average Bonchev–Trinajstić information content (AvgIpc) is 3.39. The van der Waals surface area contributed by atoms with Gasteiger partial charge in [-0.2, -0.15) is 0 Å².